The summed E-state index contributed by atoms with van der Waals surface area (Å²) in [6, 6.07) is 11.0. The second kappa shape index (κ2) is 9.48. The van der Waals surface area contributed by atoms with Gasteiger partial charge in [-0.25, -0.2) is 22.2 Å². The maximum absolute atomic E-state index is 14.3. The minimum absolute atomic E-state index is 0.00356. The van der Waals surface area contributed by atoms with Crippen molar-refractivity contribution in [3.05, 3.63) is 77.8 Å². The van der Waals surface area contributed by atoms with Crippen molar-refractivity contribution in [3.8, 4) is 0 Å². The van der Waals surface area contributed by atoms with Gasteiger partial charge >= 0.3 is 0 Å². The molecule has 0 atom stereocenters. The van der Waals surface area contributed by atoms with Crippen LogP contribution >= 0.6 is 11.3 Å². The number of carbonyl (C=O) groups is 1. The van der Waals surface area contributed by atoms with Gasteiger partial charge in [0, 0.05) is 24.7 Å². The molecule has 1 aliphatic rings. The van der Waals surface area contributed by atoms with Crippen molar-refractivity contribution in [2.75, 3.05) is 18.0 Å². The fourth-order valence-corrected chi connectivity index (χ4v) is 6.54. The monoisotopic (exact) mass is 517 g/mol. The molecule has 0 saturated carbocycles. The van der Waals surface area contributed by atoms with Crippen LogP contribution in [-0.2, 0) is 16.6 Å². The Hall–Kier alpha value is -3.15. The van der Waals surface area contributed by atoms with Crippen LogP contribution in [0.4, 0.5) is 13.9 Å². The first kappa shape index (κ1) is 23.6. The molecule has 3 heterocycles. The number of anilines is 1. The lowest BCUT2D eigenvalue weighted by Gasteiger charge is -2.26. The fourth-order valence-electron chi connectivity index (χ4n) is 4.03. The van der Waals surface area contributed by atoms with Crippen molar-refractivity contribution in [1.29, 1.82) is 0 Å². The number of fused-ring (bicyclic) bond motifs is 1. The first-order chi connectivity index (χ1) is 16.8. The highest BCUT2D eigenvalue weighted by Gasteiger charge is 2.28. The number of piperidine rings is 1. The summed E-state index contributed by atoms with van der Waals surface area (Å²) >= 11 is 0.975. The predicted octanol–water partition coefficient (Wildman–Crippen LogP) is 5.19. The Morgan fingerprint density at radius 3 is 2.51 bits per heavy atom. The van der Waals surface area contributed by atoms with Crippen molar-refractivity contribution in [2.45, 2.75) is 30.7 Å². The van der Waals surface area contributed by atoms with Gasteiger partial charge in [0.15, 0.2) is 10.9 Å². The average molecular weight is 518 g/mol. The Balaban J connectivity index is 1.48. The van der Waals surface area contributed by atoms with Gasteiger partial charge in [0.05, 0.1) is 22.4 Å². The van der Waals surface area contributed by atoms with E-state index in [0.29, 0.717) is 18.8 Å². The average Bonchev–Trinajstić information content (AvgIpc) is 3.53. The van der Waals surface area contributed by atoms with E-state index in [4.69, 9.17) is 4.42 Å². The van der Waals surface area contributed by atoms with E-state index in [0.717, 1.165) is 42.7 Å². The Morgan fingerprint density at radius 1 is 1.09 bits per heavy atom. The molecule has 0 N–H and O–H groups in total. The summed E-state index contributed by atoms with van der Waals surface area (Å²) in [5, 5.41) is 0.163. The molecular weight excluding hydrogens is 496 g/mol. The lowest BCUT2D eigenvalue weighted by molar-refractivity contribution is 0.0983. The zero-order chi connectivity index (χ0) is 24.6. The maximum Gasteiger partial charge on any atom is 0.260 e. The van der Waals surface area contributed by atoms with Crippen LogP contribution in [0.25, 0.3) is 10.2 Å². The van der Waals surface area contributed by atoms with Crippen molar-refractivity contribution in [1.82, 2.24) is 9.29 Å². The quantitative estimate of drug-likeness (QED) is 0.352. The van der Waals surface area contributed by atoms with Gasteiger partial charge in [-0.15, -0.1) is 0 Å². The largest absolute Gasteiger partial charge is 0.467 e. The van der Waals surface area contributed by atoms with Crippen LogP contribution in [0.3, 0.4) is 0 Å². The molecule has 0 radical (unpaired) electrons. The van der Waals surface area contributed by atoms with E-state index in [9.17, 15) is 22.0 Å². The van der Waals surface area contributed by atoms with Crippen molar-refractivity contribution in [3.63, 3.8) is 0 Å². The summed E-state index contributed by atoms with van der Waals surface area (Å²) in [6.07, 6.45) is 4.12. The normalized spacial score (nSPS) is 14.9. The molecule has 11 heteroatoms. The van der Waals surface area contributed by atoms with Crippen LogP contribution in [0, 0.1) is 11.6 Å². The summed E-state index contributed by atoms with van der Waals surface area (Å²) < 4.78 is 60.9. The standard InChI is InChI=1S/C24H21F2N3O4S2/c25-17-13-20(26)22-21(14-17)34-24(27-22)29(15-18-5-4-12-33-18)23(30)16-6-8-19(9-7-16)35(31,32)28-10-2-1-3-11-28/h4-9,12-14H,1-3,10-11,15H2. The number of hydrogen-bond acceptors (Lipinski definition) is 6. The van der Waals surface area contributed by atoms with Crippen LogP contribution in [0.5, 0.6) is 0 Å². The molecule has 182 valence electrons. The van der Waals surface area contributed by atoms with E-state index in [2.05, 4.69) is 4.98 Å². The van der Waals surface area contributed by atoms with E-state index in [-0.39, 0.29) is 32.4 Å². The number of carbonyl (C=O) groups excluding carboxylic acids is 1. The molecule has 35 heavy (non-hydrogen) atoms. The van der Waals surface area contributed by atoms with Crippen LogP contribution in [0.2, 0.25) is 0 Å². The van der Waals surface area contributed by atoms with Gasteiger partial charge in [-0.2, -0.15) is 4.31 Å². The number of amides is 1. The molecular formula is C24H21F2N3O4S2. The molecule has 1 saturated heterocycles. The Bertz CT molecular complexity index is 1460. The molecule has 4 aromatic rings. The number of thiazole rings is 1. The number of furan rings is 1. The molecule has 0 spiro atoms. The summed E-state index contributed by atoms with van der Waals surface area (Å²) in [5.74, 6) is -1.57. The summed E-state index contributed by atoms with van der Waals surface area (Å²) in [5.41, 5.74) is 0.187. The summed E-state index contributed by atoms with van der Waals surface area (Å²) in [7, 11) is -3.64. The van der Waals surface area contributed by atoms with Gasteiger partial charge < -0.3 is 4.42 Å². The van der Waals surface area contributed by atoms with Crippen molar-refractivity contribution >= 4 is 42.6 Å². The topological polar surface area (TPSA) is 83.7 Å². The number of rotatable bonds is 6. The highest BCUT2D eigenvalue weighted by molar-refractivity contribution is 7.89. The van der Waals surface area contributed by atoms with E-state index in [1.807, 2.05) is 0 Å². The smallest absolute Gasteiger partial charge is 0.260 e. The van der Waals surface area contributed by atoms with Crippen LogP contribution in [-0.4, -0.2) is 36.7 Å². The number of benzene rings is 2. The molecule has 1 fully saturated rings. The molecule has 2 aromatic heterocycles. The van der Waals surface area contributed by atoms with E-state index in [1.165, 1.54) is 39.7 Å². The molecule has 1 aliphatic heterocycles. The molecule has 1 amide bonds. The highest BCUT2D eigenvalue weighted by Crippen LogP contribution is 2.33. The first-order valence-corrected chi connectivity index (χ1v) is 13.3. The number of sulfonamides is 1. The molecule has 7 nitrogen and oxygen atoms in total. The second-order valence-corrected chi connectivity index (χ2v) is 11.1. The zero-order valence-corrected chi connectivity index (χ0v) is 20.1. The Kier molecular flexibility index (Phi) is 6.39. The van der Waals surface area contributed by atoms with Crippen LogP contribution < -0.4 is 4.90 Å². The lowest BCUT2D eigenvalue weighted by Crippen LogP contribution is -2.35. The fraction of sp³-hybridized carbons (Fsp3) is 0.250. The lowest BCUT2D eigenvalue weighted by atomic mass is 10.2. The van der Waals surface area contributed by atoms with Crippen molar-refractivity contribution < 1.29 is 26.4 Å². The van der Waals surface area contributed by atoms with Crippen LogP contribution in [0.1, 0.15) is 35.4 Å². The van der Waals surface area contributed by atoms with E-state index in [1.54, 1.807) is 12.1 Å². The second-order valence-electron chi connectivity index (χ2n) is 8.19. The molecule has 0 aliphatic carbocycles. The molecule has 0 bridgehead atoms. The predicted molar refractivity (Wildman–Crippen MR) is 128 cm³/mol. The number of hydrogen-bond donors (Lipinski definition) is 0. The number of aromatic nitrogens is 1. The maximum atomic E-state index is 14.3. The minimum atomic E-state index is -3.64. The van der Waals surface area contributed by atoms with Gasteiger partial charge in [0.2, 0.25) is 10.0 Å². The Labute approximate surface area is 204 Å². The summed E-state index contributed by atoms with van der Waals surface area (Å²) in [6.45, 7) is 0.965. The van der Waals surface area contributed by atoms with Gasteiger partial charge in [-0.3, -0.25) is 9.69 Å². The zero-order valence-electron chi connectivity index (χ0n) is 18.5. The van der Waals surface area contributed by atoms with E-state index < -0.39 is 27.6 Å². The van der Waals surface area contributed by atoms with Gasteiger partial charge in [0.1, 0.15) is 17.1 Å². The van der Waals surface area contributed by atoms with E-state index >= 15 is 0 Å². The molecule has 0 unspecified atom stereocenters. The SMILES string of the molecule is O=C(c1ccc(S(=O)(=O)N2CCCCC2)cc1)N(Cc1ccco1)c1nc2c(F)cc(F)cc2s1. The highest BCUT2D eigenvalue weighted by atomic mass is 32.2. The Morgan fingerprint density at radius 2 is 1.83 bits per heavy atom. The third-order valence-corrected chi connectivity index (χ3v) is 8.76. The third kappa shape index (κ3) is 4.71. The van der Waals surface area contributed by atoms with Crippen LogP contribution in [0.15, 0.2) is 64.1 Å². The summed E-state index contributed by atoms with van der Waals surface area (Å²) in [4.78, 5) is 19.1. The van der Waals surface area contributed by atoms with Gasteiger partial charge in [-0.05, 0) is 55.3 Å². The molecule has 2 aromatic carbocycles. The van der Waals surface area contributed by atoms with Crippen molar-refractivity contribution in [2.24, 2.45) is 0 Å². The molecule has 5 rings (SSSR count). The first-order valence-electron chi connectivity index (χ1n) is 11.0. The number of nitrogens with zero attached hydrogens (tertiary/aromatic N) is 3. The third-order valence-electron chi connectivity index (χ3n) is 5.83. The van der Waals surface area contributed by atoms with Gasteiger partial charge in [-0.1, -0.05) is 17.8 Å². The number of halogens is 2. The minimum Gasteiger partial charge on any atom is -0.467 e. The van der Waals surface area contributed by atoms with Gasteiger partial charge in [0.25, 0.3) is 5.91 Å².